The fraction of sp³-hybridized carbons (Fsp3) is 0.350. The molecule has 2 aliphatic heterocycles. The number of para-hydroxylation sites is 1. The normalized spacial score (nSPS) is 21.0. The largest absolute Gasteiger partial charge is 0.464 e. The second-order valence-electron chi connectivity index (χ2n) is 7.22. The minimum absolute atomic E-state index is 0.0759. The summed E-state index contributed by atoms with van der Waals surface area (Å²) in [6.07, 6.45) is 1.48. The van der Waals surface area contributed by atoms with E-state index in [2.05, 4.69) is 19.9 Å². The highest BCUT2D eigenvalue weighted by Gasteiger charge is 2.40. The van der Waals surface area contributed by atoms with Crippen LogP contribution in [-0.4, -0.2) is 15.6 Å². The highest BCUT2D eigenvalue weighted by Crippen LogP contribution is 2.47. The van der Waals surface area contributed by atoms with Gasteiger partial charge >= 0.3 is 0 Å². The molecular formula is C20H21N3O3. The van der Waals surface area contributed by atoms with Crippen molar-refractivity contribution in [2.75, 3.05) is 0 Å². The zero-order chi connectivity index (χ0) is 18.3. The first-order valence-electron chi connectivity index (χ1n) is 8.87. The van der Waals surface area contributed by atoms with Crippen molar-refractivity contribution >= 4 is 11.4 Å². The monoisotopic (exact) mass is 351 g/mol. The van der Waals surface area contributed by atoms with Gasteiger partial charge in [-0.3, -0.25) is 10.1 Å². The molecule has 2 aromatic carbocycles. The molecule has 0 saturated carbocycles. The summed E-state index contributed by atoms with van der Waals surface area (Å²) >= 11 is 0. The molecule has 0 fully saturated rings. The molecule has 2 aliphatic rings. The van der Waals surface area contributed by atoms with Crippen molar-refractivity contribution < 1.29 is 9.66 Å². The van der Waals surface area contributed by atoms with Crippen LogP contribution >= 0.6 is 0 Å². The van der Waals surface area contributed by atoms with Gasteiger partial charge in [-0.1, -0.05) is 32.0 Å². The molecule has 26 heavy (non-hydrogen) atoms. The molecule has 0 bridgehead atoms. The molecule has 6 nitrogen and oxygen atoms in total. The number of hydrogen-bond acceptors (Lipinski definition) is 5. The van der Waals surface area contributed by atoms with Crippen LogP contribution in [0.3, 0.4) is 0 Å². The molecule has 0 aromatic heterocycles. The SMILES string of the molecule is CC(C)CC1=NN2[C@@H](C1)c1ccccc1O[C@H]2c1ccc([N+](=O)[O-])cc1. The Bertz CT molecular complexity index is 861. The number of benzene rings is 2. The maximum absolute atomic E-state index is 10.9. The van der Waals surface area contributed by atoms with E-state index < -0.39 is 4.92 Å². The van der Waals surface area contributed by atoms with Crippen LogP contribution in [0.25, 0.3) is 0 Å². The standard InChI is InChI=1S/C20H21N3O3/c1-13(2)11-15-12-18-17-5-3-4-6-19(17)26-20(22(18)21-15)14-7-9-16(10-8-14)23(24)25/h3-10,13,18,20H,11-12H2,1-2H3/t18-,20-/m0/s1. The molecule has 0 saturated heterocycles. The number of ether oxygens (including phenoxy) is 1. The summed E-state index contributed by atoms with van der Waals surface area (Å²) in [6, 6.07) is 14.7. The zero-order valence-corrected chi connectivity index (χ0v) is 14.8. The lowest BCUT2D eigenvalue weighted by Gasteiger charge is -2.38. The van der Waals surface area contributed by atoms with Crippen molar-refractivity contribution in [2.45, 2.75) is 39.0 Å². The minimum atomic E-state index is -0.391. The van der Waals surface area contributed by atoms with Gasteiger partial charge in [0.15, 0.2) is 0 Å². The number of nitro groups is 1. The van der Waals surface area contributed by atoms with Crippen LogP contribution < -0.4 is 4.74 Å². The Hall–Kier alpha value is -2.89. The Labute approximate surface area is 152 Å². The van der Waals surface area contributed by atoms with Crippen LogP contribution in [0, 0.1) is 16.0 Å². The van der Waals surface area contributed by atoms with Crippen LogP contribution in [0.5, 0.6) is 5.75 Å². The number of hydrogen-bond donors (Lipinski definition) is 0. The topological polar surface area (TPSA) is 68.0 Å². The molecule has 4 rings (SSSR count). The van der Waals surface area contributed by atoms with E-state index in [0.29, 0.717) is 5.92 Å². The fourth-order valence-corrected chi connectivity index (χ4v) is 3.67. The molecule has 6 heteroatoms. The number of nitrogens with zero attached hydrogens (tertiary/aromatic N) is 3. The van der Waals surface area contributed by atoms with E-state index in [-0.39, 0.29) is 18.0 Å². The smallest absolute Gasteiger partial charge is 0.269 e. The van der Waals surface area contributed by atoms with E-state index >= 15 is 0 Å². The van der Waals surface area contributed by atoms with E-state index in [1.54, 1.807) is 12.1 Å². The third kappa shape index (κ3) is 2.92. The second kappa shape index (κ2) is 6.44. The molecule has 0 unspecified atom stereocenters. The van der Waals surface area contributed by atoms with Crippen molar-refractivity contribution in [1.82, 2.24) is 5.01 Å². The first-order valence-corrected chi connectivity index (χ1v) is 8.87. The van der Waals surface area contributed by atoms with Gasteiger partial charge in [0.2, 0.25) is 6.23 Å². The van der Waals surface area contributed by atoms with Gasteiger partial charge in [-0.05, 0) is 30.5 Å². The Morgan fingerprint density at radius 1 is 1.23 bits per heavy atom. The van der Waals surface area contributed by atoms with Gasteiger partial charge in [0, 0.05) is 35.4 Å². The summed E-state index contributed by atoms with van der Waals surface area (Å²) in [4.78, 5) is 10.5. The lowest BCUT2D eigenvalue weighted by Crippen LogP contribution is -2.33. The van der Waals surface area contributed by atoms with Gasteiger partial charge in [-0.15, -0.1) is 0 Å². The minimum Gasteiger partial charge on any atom is -0.464 e. The molecule has 2 heterocycles. The van der Waals surface area contributed by atoms with Crippen LogP contribution in [0.1, 0.15) is 50.1 Å². The molecule has 2 aromatic rings. The van der Waals surface area contributed by atoms with Crippen LogP contribution in [0.4, 0.5) is 5.69 Å². The van der Waals surface area contributed by atoms with Crippen LogP contribution in [0.2, 0.25) is 0 Å². The summed E-state index contributed by atoms with van der Waals surface area (Å²) in [7, 11) is 0. The Kier molecular flexibility index (Phi) is 4.11. The summed E-state index contributed by atoms with van der Waals surface area (Å²) in [6.45, 7) is 4.39. The number of non-ortho nitro benzene ring substituents is 1. The van der Waals surface area contributed by atoms with E-state index in [1.165, 1.54) is 17.8 Å². The van der Waals surface area contributed by atoms with E-state index in [1.807, 2.05) is 23.2 Å². The van der Waals surface area contributed by atoms with Crippen molar-refractivity contribution in [3.63, 3.8) is 0 Å². The van der Waals surface area contributed by atoms with Crippen LogP contribution in [0.15, 0.2) is 53.6 Å². The van der Waals surface area contributed by atoms with Gasteiger partial charge in [-0.2, -0.15) is 5.10 Å². The quantitative estimate of drug-likeness (QED) is 0.584. The lowest BCUT2D eigenvalue weighted by molar-refractivity contribution is -0.384. The van der Waals surface area contributed by atoms with Crippen molar-refractivity contribution in [2.24, 2.45) is 11.0 Å². The van der Waals surface area contributed by atoms with Gasteiger partial charge in [0.25, 0.3) is 5.69 Å². The number of hydrazone groups is 1. The number of rotatable bonds is 4. The molecule has 0 aliphatic carbocycles. The summed E-state index contributed by atoms with van der Waals surface area (Å²) in [5, 5.41) is 17.8. The van der Waals surface area contributed by atoms with E-state index in [9.17, 15) is 10.1 Å². The molecule has 0 N–H and O–H groups in total. The molecule has 0 radical (unpaired) electrons. The van der Waals surface area contributed by atoms with Crippen molar-refractivity contribution in [1.29, 1.82) is 0 Å². The Morgan fingerprint density at radius 2 is 1.96 bits per heavy atom. The van der Waals surface area contributed by atoms with Gasteiger partial charge in [-0.25, -0.2) is 5.01 Å². The highest BCUT2D eigenvalue weighted by molar-refractivity contribution is 5.86. The zero-order valence-electron chi connectivity index (χ0n) is 14.8. The summed E-state index contributed by atoms with van der Waals surface area (Å²) in [5.41, 5.74) is 3.27. The average molecular weight is 351 g/mol. The summed E-state index contributed by atoms with van der Waals surface area (Å²) in [5.74, 6) is 1.40. The predicted octanol–water partition coefficient (Wildman–Crippen LogP) is 4.83. The maximum atomic E-state index is 10.9. The van der Waals surface area contributed by atoms with Gasteiger partial charge < -0.3 is 4.74 Å². The van der Waals surface area contributed by atoms with Crippen LogP contribution in [-0.2, 0) is 0 Å². The Balaban J connectivity index is 1.71. The van der Waals surface area contributed by atoms with Crippen molar-refractivity contribution in [3.8, 4) is 5.75 Å². The average Bonchev–Trinajstić information content (AvgIpc) is 3.04. The third-order valence-electron chi connectivity index (χ3n) is 4.80. The second-order valence-corrected chi connectivity index (χ2v) is 7.22. The third-order valence-corrected chi connectivity index (χ3v) is 4.80. The lowest BCUT2D eigenvalue weighted by atomic mass is 9.95. The number of nitro benzene ring substituents is 1. The number of fused-ring (bicyclic) bond motifs is 3. The van der Waals surface area contributed by atoms with Gasteiger partial charge in [0.05, 0.1) is 11.0 Å². The Morgan fingerprint density at radius 3 is 2.65 bits per heavy atom. The molecule has 0 spiro atoms. The predicted molar refractivity (Wildman–Crippen MR) is 99.0 cm³/mol. The molecule has 2 atom stereocenters. The molecule has 134 valence electrons. The summed E-state index contributed by atoms with van der Waals surface area (Å²) < 4.78 is 6.23. The van der Waals surface area contributed by atoms with E-state index in [0.717, 1.165) is 29.7 Å². The van der Waals surface area contributed by atoms with E-state index in [4.69, 9.17) is 9.84 Å². The maximum Gasteiger partial charge on any atom is 0.269 e. The van der Waals surface area contributed by atoms with Crippen molar-refractivity contribution in [3.05, 3.63) is 69.8 Å². The first-order chi connectivity index (χ1) is 12.5. The molecular weight excluding hydrogens is 330 g/mol. The van der Waals surface area contributed by atoms with Gasteiger partial charge in [0.1, 0.15) is 5.75 Å². The fourth-order valence-electron chi connectivity index (χ4n) is 3.67. The highest BCUT2D eigenvalue weighted by atomic mass is 16.6. The molecule has 0 amide bonds. The first kappa shape index (κ1) is 16.6.